The highest BCUT2D eigenvalue weighted by Gasteiger charge is 2.21. The van der Waals surface area contributed by atoms with Gasteiger partial charge in [0.15, 0.2) is 0 Å². The number of nitrogens with zero attached hydrogens (tertiary/aromatic N) is 2. The summed E-state index contributed by atoms with van der Waals surface area (Å²) in [7, 11) is 0. The number of carboxylic acids is 1. The number of aryl methyl sites for hydroxylation is 1. The number of aliphatic carboxylic acids is 1. The molecule has 0 spiro atoms. The third-order valence-corrected chi connectivity index (χ3v) is 4.11. The van der Waals surface area contributed by atoms with Crippen LogP contribution in [-0.4, -0.2) is 27.6 Å². The minimum absolute atomic E-state index is 0.245. The van der Waals surface area contributed by atoms with Crippen molar-refractivity contribution in [2.45, 2.75) is 25.7 Å². The molecule has 6 heteroatoms. The molecule has 1 aromatic carbocycles. The van der Waals surface area contributed by atoms with Crippen LogP contribution in [0, 0.1) is 11.7 Å². The number of benzene rings is 1. The zero-order valence-corrected chi connectivity index (χ0v) is 12.6. The minimum atomic E-state index is -0.910. The first kappa shape index (κ1) is 15.4. The molecule has 5 nitrogen and oxygen atoms in total. The number of halogens is 1. The number of anilines is 1. The number of nitrogens with one attached hydrogen (secondary N) is 1. The second-order valence-electron chi connectivity index (χ2n) is 5.75. The monoisotopic (exact) mass is 315 g/mol. The molecular formula is C17H18FN3O2. The van der Waals surface area contributed by atoms with Crippen LogP contribution in [0.25, 0.3) is 0 Å². The average molecular weight is 315 g/mol. The van der Waals surface area contributed by atoms with Crippen LogP contribution in [0.3, 0.4) is 0 Å². The summed E-state index contributed by atoms with van der Waals surface area (Å²) < 4.78 is 13.2. The fourth-order valence-electron chi connectivity index (χ4n) is 2.93. The smallest absolute Gasteiger partial charge is 0.308 e. The van der Waals surface area contributed by atoms with Gasteiger partial charge < -0.3 is 10.4 Å². The third-order valence-electron chi connectivity index (χ3n) is 4.11. The number of hydrogen-bond donors (Lipinski definition) is 2. The molecule has 0 fully saturated rings. The van der Waals surface area contributed by atoms with E-state index in [-0.39, 0.29) is 18.8 Å². The second-order valence-corrected chi connectivity index (χ2v) is 5.75. The maximum Gasteiger partial charge on any atom is 0.308 e. The van der Waals surface area contributed by atoms with Crippen molar-refractivity contribution in [1.29, 1.82) is 0 Å². The van der Waals surface area contributed by atoms with Gasteiger partial charge in [0.05, 0.1) is 5.92 Å². The molecular weight excluding hydrogens is 297 g/mol. The molecule has 0 bridgehead atoms. The van der Waals surface area contributed by atoms with Crippen molar-refractivity contribution in [1.82, 2.24) is 9.97 Å². The van der Waals surface area contributed by atoms with Crippen molar-refractivity contribution in [2.75, 3.05) is 11.9 Å². The molecule has 0 aliphatic heterocycles. The van der Waals surface area contributed by atoms with E-state index in [4.69, 9.17) is 0 Å². The van der Waals surface area contributed by atoms with Crippen molar-refractivity contribution in [3.05, 3.63) is 53.2 Å². The molecule has 1 aliphatic carbocycles. The average Bonchev–Trinajstić information content (AvgIpc) is 3.00. The van der Waals surface area contributed by atoms with Gasteiger partial charge in [-0.1, -0.05) is 12.1 Å². The van der Waals surface area contributed by atoms with E-state index in [9.17, 15) is 14.3 Å². The molecule has 23 heavy (non-hydrogen) atoms. The predicted octanol–water partition coefficient (Wildman–Crippen LogP) is 2.46. The van der Waals surface area contributed by atoms with E-state index in [0.717, 1.165) is 36.3 Å². The molecule has 3 rings (SSSR count). The zero-order valence-electron chi connectivity index (χ0n) is 12.6. The van der Waals surface area contributed by atoms with Gasteiger partial charge in [-0.2, -0.15) is 0 Å². The molecule has 1 unspecified atom stereocenters. The van der Waals surface area contributed by atoms with Crippen LogP contribution in [0.5, 0.6) is 0 Å². The van der Waals surface area contributed by atoms with Crippen LogP contribution in [0.15, 0.2) is 30.6 Å². The largest absolute Gasteiger partial charge is 0.481 e. The quantitative estimate of drug-likeness (QED) is 0.856. The predicted molar refractivity (Wildman–Crippen MR) is 83.8 cm³/mol. The van der Waals surface area contributed by atoms with Crippen LogP contribution in [0.4, 0.5) is 10.2 Å². The lowest BCUT2D eigenvalue weighted by Gasteiger charge is -2.15. The van der Waals surface area contributed by atoms with Crippen molar-refractivity contribution in [2.24, 2.45) is 5.92 Å². The van der Waals surface area contributed by atoms with E-state index in [2.05, 4.69) is 15.3 Å². The molecule has 2 N–H and O–H groups in total. The van der Waals surface area contributed by atoms with Gasteiger partial charge in [0.2, 0.25) is 0 Å². The molecule has 2 aromatic rings. The zero-order chi connectivity index (χ0) is 16.2. The first-order valence-corrected chi connectivity index (χ1v) is 7.67. The van der Waals surface area contributed by atoms with Gasteiger partial charge in [-0.3, -0.25) is 4.79 Å². The summed E-state index contributed by atoms with van der Waals surface area (Å²) in [5.41, 5.74) is 2.80. The molecule has 0 amide bonds. The lowest BCUT2D eigenvalue weighted by molar-refractivity contribution is -0.141. The maximum atomic E-state index is 13.2. The lowest BCUT2D eigenvalue weighted by atomic mass is 9.99. The standard InChI is InChI=1S/C17H18FN3O2/c18-13-4-1-3-11(8-13)7-12(17(22)23)9-19-16-14-5-2-6-15(14)20-10-21-16/h1,3-4,8,10,12H,2,5-7,9H2,(H,22,23)(H,19,20,21). The Morgan fingerprint density at radius 1 is 1.35 bits per heavy atom. The Labute approximate surface area is 133 Å². The molecule has 1 aromatic heterocycles. The minimum Gasteiger partial charge on any atom is -0.481 e. The van der Waals surface area contributed by atoms with E-state index in [1.54, 1.807) is 12.1 Å². The summed E-state index contributed by atoms with van der Waals surface area (Å²) in [5, 5.41) is 12.5. The van der Waals surface area contributed by atoms with Crippen LogP contribution in [0.2, 0.25) is 0 Å². The van der Waals surface area contributed by atoms with Gasteiger partial charge in [-0.05, 0) is 43.4 Å². The molecule has 120 valence electrons. The highest BCUT2D eigenvalue weighted by molar-refractivity contribution is 5.71. The number of fused-ring (bicyclic) bond motifs is 1. The van der Waals surface area contributed by atoms with Crippen molar-refractivity contribution >= 4 is 11.8 Å². The van der Waals surface area contributed by atoms with Gasteiger partial charge in [0.25, 0.3) is 0 Å². The Morgan fingerprint density at radius 2 is 2.22 bits per heavy atom. The first-order chi connectivity index (χ1) is 11.1. The molecule has 1 atom stereocenters. The number of hydrogen-bond acceptors (Lipinski definition) is 4. The molecule has 0 radical (unpaired) electrons. The summed E-state index contributed by atoms with van der Waals surface area (Å²) >= 11 is 0. The topological polar surface area (TPSA) is 75.1 Å². The van der Waals surface area contributed by atoms with Crippen LogP contribution < -0.4 is 5.32 Å². The van der Waals surface area contributed by atoms with Gasteiger partial charge in [0.1, 0.15) is 18.0 Å². The van der Waals surface area contributed by atoms with Crippen LogP contribution >= 0.6 is 0 Å². The Morgan fingerprint density at radius 3 is 3.00 bits per heavy atom. The molecule has 0 saturated heterocycles. The molecule has 0 saturated carbocycles. The van der Waals surface area contributed by atoms with Crippen LogP contribution in [0.1, 0.15) is 23.2 Å². The summed E-state index contributed by atoms with van der Waals surface area (Å²) in [5.74, 6) is -1.19. The number of carbonyl (C=O) groups is 1. The normalized spacial score (nSPS) is 14.3. The first-order valence-electron chi connectivity index (χ1n) is 7.67. The SMILES string of the molecule is O=C(O)C(CNc1ncnc2c1CCC2)Cc1cccc(F)c1. The van der Waals surface area contributed by atoms with Gasteiger partial charge in [0, 0.05) is 17.8 Å². The van der Waals surface area contributed by atoms with E-state index in [0.29, 0.717) is 5.56 Å². The van der Waals surface area contributed by atoms with E-state index < -0.39 is 11.9 Å². The number of aromatic nitrogens is 2. The second kappa shape index (κ2) is 6.73. The Bertz CT molecular complexity index is 721. The highest BCUT2D eigenvalue weighted by Crippen LogP contribution is 2.25. The maximum absolute atomic E-state index is 13.2. The van der Waals surface area contributed by atoms with Crippen molar-refractivity contribution in [3.8, 4) is 0 Å². The third kappa shape index (κ3) is 3.64. The lowest BCUT2D eigenvalue weighted by Crippen LogP contribution is -2.25. The summed E-state index contributed by atoms with van der Waals surface area (Å²) in [6, 6.07) is 6.05. The summed E-state index contributed by atoms with van der Waals surface area (Å²) in [6.07, 6.45) is 4.69. The summed E-state index contributed by atoms with van der Waals surface area (Å²) in [4.78, 5) is 20.0. The van der Waals surface area contributed by atoms with E-state index in [1.165, 1.54) is 18.5 Å². The van der Waals surface area contributed by atoms with Gasteiger partial charge >= 0.3 is 5.97 Å². The van der Waals surface area contributed by atoms with E-state index >= 15 is 0 Å². The summed E-state index contributed by atoms with van der Waals surface area (Å²) in [6.45, 7) is 0.245. The van der Waals surface area contributed by atoms with Gasteiger partial charge in [-0.25, -0.2) is 14.4 Å². The Balaban J connectivity index is 1.69. The Kier molecular flexibility index (Phi) is 4.50. The van der Waals surface area contributed by atoms with Crippen molar-refractivity contribution < 1.29 is 14.3 Å². The number of carboxylic acid groups (broad SMARTS) is 1. The van der Waals surface area contributed by atoms with Crippen LogP contribution in [-0.2, 0) is 24.1 Å². The molecule has 1 heterocycles. The van der Waals surface area contributed by atoms with Gasteiger partial charge in [-0.15, -0.1) is 0 Å². The highest BCUT2D eigenvalue weighted by atomic mass is 19.1. The van der Waals surface area contributed by atoms with E-state index in [1.807, 2.05) is 0 Å². The fourth-order valence-corrected chi connectivity index (χ4v) is 2.93. The van der Waals surface area contributed by atoms with Crippen molar-refractivity contribution in [3.63, 3.8) is 0 Å². The number of rotatable bonds is 6. The Hall–Kier alpha value is -2.50. The fraction of sp³-hybridized carbons (Fsp3) is 0.353. The molecule has 1 aliphatic rings.